The van der Waals surface area contributed by atoms with E-state index in [1.165, 1.54) is 31.2 Å². The second kappa shape index (κ2) is 4.72. The Balaban J connectivity index is 1.75. The third kappa shape index (κ3) is 1.78. The fourth-order valence-corrected chi connectivity index (χ4v) is 5.60. The lowest BCUT2D eigenvalue weighted by molar-refractivity contribution is -0.125. The number of carbonyl (C=O) groups is 1. The van der Waals surface area contributed by atoms with Crippen LogP contribution in [0.25, 0.3) is 0 Å². The van der Waals surface area contributed by atoms with E-state index in [1.807, 2.05) is 0 Å². The van der Waals surface area contributed by atoms with Gasteiger partial charge in [0, 0.05) is 11.8 Å². The number of carbonyl (C=O) groups excluding carboxylic acids is 1. The average molecular weight is 268 g/mol. The summed E-state index contributed by atoms with van der Waals surface area (Å²) in [4.78, 5) is 12.5. The molecule has 0 spiro atoms. The highest BCUT2D eigenvalue weighted by atomic mass is 16.1. The van der Waals surface area contributed by atoms with Crippen LogP contribution >= 0.6 is 0 Å². The van der Waals surface area contributed by atoms with Crippen molar-refractivity contribution in [3.63, 3.8) is 0 Å². The van der Waals surface area contributed by atoms with Crippen LogP contribution in [0.3, 0.4) is 0 Å². The van der Waals surface area contributed by atoms with Crippen LogP contribution in [0, 0.1) is 29.6 Å². The summed E-state index contributed by atoms with van der Waals surface area (Å²) in [6, 6.07) is 11.1. The summed E-state index contributed by atoms with van der Waals surface area (Å²) in [5.41, 5.74) is 1.50. The van der Waals surface area contributed by atoms with E-state index in [-0.39, 0.29) is 0 Å². The fraction of sp³-hybridized carbons (Fsp3) is 0.632. The summed E-state index contributed by atoms with van der Waals surface area (Å²) >= 11 is 0. The molecule has 3 aliphatic carbocycles. The van der Waals surface area contributed by atoms with E-state index in [1.54, 1.807) is 0 Å². The lowest BCUT2D eigenvalue weighted by Gasteiger charge is -2.42. The van der Waals surface area contributed by atoms with E-state index >= 15 is 0 Å². The molecule has 0 bridgehead atoms. The molecule has 1 aromatic rings. The van der Waals surface area contributed by atoms with Crippen molar-refractivity contribution < 1.29 is 4.79 Å². The Bertz CT molecular complexity index is 506. The molecule has 0 radical (unpaired) electrons. The van der Waals surface area contributed by atoms with Crippen LogP contribution in [0.5, 0.6) is 0 Å². The van der Waals surface area contributed by atoms with Crippen LogP contribution in [-0.4, -0.2) is 5.78 Å². The first kappa shape index (κ1) is 12.6. The maximum Gasteiger partial charge on any atom is 0.139 e. The van der Waals surface area contributed by atoms with E-state index in [0.717, 1.165) is 18.3 Å². The average Bonchev–Trinajstić information content (AvgIpc) is 3.04. The van der Waals surface area contributed by atoms with E-state index in [9.17, 15) is 4.79 Å². The first-order valence-corrected chi connectivity index (χ1v) is 8.34. The largest absolute Gasteiger partial charge is 0.299 e. The van der Waals surface area contributed by atoms with Gasteiger partial charge in [0.2, 0.25) is 0 Å². The van der Waals surface area contributed by atoms with Crippen LogP contribution in [0.4, 0.5) is 0 Å². The van der Waals surface area contributed by atoms with Crippen LogP contribution < -0.4 is 0 Å². The zero-order valence-electron chi connectivity index (χ0n) is 12.3. The topological polar surface area (TPSA) is 17.1 Å². The number of fused-ring (bicyclic) bond motifs is 2. The normalized spacial score (nSPS) is 43.4. The maximum absolute atomic E-state index is 12.5. The van der Waals surface area contributed by atoms with Crippen molar-refractivity contribution in [2.45, 2.75) is 44.9 Å². The van der Waals surface area contributed by atoms with Crippen LogP contribution in [-0.2, 0) is 4.79 Å². The van der Waals surface area contributed by atoms with E-state index in [2.05, 4.69) is 37.3 Å². The monoisotopic (exact) mass is 268 g/mol. The SMILES string of the molecule is CC1CC2C(CC3CCCC3C2c2ccccc2)C1=O. The highest BCUT2D eigenvalue weighted by molar-refractivity contribution is 5.86. The molecular weight excluding hydrogens is 244 g/mol. The second-order valence-electron chi connectivity index (χ2n) is 7.34. The third-order valence-corrected chi connectivity index (χ3v) is 6.38. The van der Waals surface area contributed by atoms with Gasteiger partial charge in [0.05, 0.1) is 0 Å². The predicted molar refractivity (Wildman–Crippen MR) is 80.4 cm³/mol. The fourth-order valence-electron chi connectivity index (χ4n) is 5.60. The van der Waals surface area contributed by atoms with E-state index in [4.69, 9.17) is 0 Å². The Morgan fingerprint density at radius 2 is 1.80 bits per heavy atom. The smallest absolute Gasteiger partial charge is 0.139 e. The highest BCUT2D eigenvalue weighted by Crippen LogP contribution is 2.58. The second-order valence-corrected chi connectivity index (χ2v) is 7.34. The number of hydrogen-bond donors (Lipinski definition) is 0. The standard InChI is InChI=1S/C19H24O/c1-12-10-16-17(19(12)20)11-14-8-5-9-15(14)18(16)13-6-3-2-4-7-13/h2-4,6-7,12,14-18H,5,8-11H2,1H3. The molecule has 20 heavy (non-hydrogen) atoms. The Labute approximate surface area is 121 Å². The zero-order chi connectivity index (χ0) is 13.7. The number of rotatable bonds is 1. The summed E-state index contributed by atoms with van der Waals surface area (Å²) < 4.78 is 0. The Morgan fingerprint density at radius 1 is 1.00 bits per heavy atom. The summed E-state index contributed by atoms with van der Waals surface area (Å²) in [6.07, 6.45) is 6.45. The Morgan fingerprint density at radius 3 is 2.60 bits per heavy atom. The minimum absolute atomic E-state index is 0.301. The van der Waals surface area contributed by atoms with Crippen molar-refractivity contribution in [1.82, 2.24) is 0 Å². The highest BCUT2D eigenvalue weighted by Gasteiger charge is 2.53. The summed E-state index contributed by atoms with van der Waals surface area (Å²) in [7, 11) is 0. The van der Waals surface area contributed by atoms with Gasteiger partial charge in [-0.2, -0.15) is 0 Å². The molecule has 3 saturated carbocycles. The van der Waals surface area contributed by atoms with Crippen molar-refractivity contribution in [2.24, 2.45) is 29.6 Å². The van der Waals surface area contributed by atoms with Gasteiger partial charge >= 0.3 is 0 Å². The third-order valence-electron chi connectivity index (χ3n) is 6.38. The number of Topliss-reactive ketones (excluding diaryl/α,β-unsaturated/α-hetero) is 1. The molecule has 6 atom stereocenters. The minimum atomic E-state index is 0.301. The molecule has 6 unspecified atom stereocenters. The molecular formula is C19H24O. The first-order chi connectivity index (χ1) is 9.75. The molecule has 0 aromatic heterocycles. The molecule has 0 amide bonds. The van der Waals surface area contributed by atoms with Gasteiger partial charge in [0.15, 0.2) is 0 Å². The molecule has 1 aromatic carbocycles. The molecule has 0 aliphatic heterocycles. The molecule has 0 saturated heterocycles. The molecule has 3 fully saturated rings. The van der Waals surface area contributed by atoms with Gasteiger partial charge in [-0.05, 0) is 48.5 Å². The lowest BCUT2D eigenvalue weighted by Crippen LogP contribution is -2.36. The van der Waals surface area contributed by atoms with Crippen molar-refractivity contribution in [3.8, 4) is 0 Å². The molecule has 1 nitrogen and oxygen atoms in total. The van der Waals surface area contributed by atoms with Crippen molar-refractivity contribution >= 4 is 5.78 Å². The molecule has 106 valence electrons. The van der Waals surface area contributed by atoms with Gasteiger partial charge in [-0.15, -0.1) is 0 Å². The molecule has 0 heterocycles. The van der Waals surface area contributed by atoms with Crippen LogP contribution in [0.2, 0.25) is 0 Å². The number of hydrogen-bond acceptors (Lipinski definition) is 1. The number of ketones is 1. The zero-order valence-corrected chi connectivity index (χ0v) is 12.3. The number of benzene rings is 1. The minimum Gasteiger partial charge on any atom is -0.299 e. The quantitative estimate of drug-likeness (QED) is 0.736. The van der Waals surface area contributed by atoms with E-state index < -0.39 is 0 Å². The van der Waals surface area contributed by atoms with Crippen molar-refractivity contribution in [1.29, 1.82) is 0 Å². The Hall–Kier alpha value is -1.11. The van der Waals surface area contributed by atoms with Crippen molar-refractivity contribution in [3.05, 3.63) is 35.9 Å². The maximum atomic E-state index is 12.5. The van der Waals surface area contributed by atoms with E-state index in [0.29, 0.717) is 29.5 Å². The molecule has 0 N–H and O–H groups in total. The van der Waals surface area contributed by atoms with Gasteiger partial charge < -0.3 is 0 Å². The lowest BCUT2D eigenvalue weighted by atomic mass is 9.62. The first-order valence-electron chi connectivity index (χ1n) is 8.34. The summed E-state index contributed by atoms with van der Waals surface area (Å²) in [5, 5.41) is 0. The van der Waals surface area contributed by atoms with Gasteiger partial charge in [-0.1, -0.05) is 50.1 Å². The molecule has 3 aliphatic rings. The predicted octanol–water partition coefficient (Wildman–Crippen LogP) is 4.43. The Kier molecular flexibility index (Phi) is 2.98. The summed E-state index contributed by atoms with van der Waals surface area (Å²) in [5.74, 6) is 4.17. The van der Waals surface area contributed by atoms with Gasteiger partial charge in [-0.25, -0.2) is 0 Å². The van der Waals surface area contributed by atoms with Gasteiger partial charge in [0.1, 0.15) is 5.78 Å². The van der Waals surface area contributed by atoms with Crippen LogP contribution in [0.15, 0.2) is 30.3 Å². The molecule has 1 heteroatoms. The van der Waals surface area contributed by atoms with Crippen molar-refractivity contribution in [2.75, 3.05) is 0 Å². The molecule has 4 rings (SSSR count). The van der Waals surface area contributed by atoms with Gasteiger partial charge in [-0.3, -0.25) is 4.79 Å². The van der Waals surface area contributed by atoms with Gasteiger partial charge in [0.25, 0.3) is 0 Å². The summed E-state index contributed by atoms with van der Waals surface area (Å²) in [6.45, 7) is 2.15. The van der Waals surface area contributed by atoms with Crippen LogP contribution in [0.1, 0.15) is 50.5 Å².